The fraction of sp³-hybridized carbons (Fsp3) is 0.263. The Labute approximate surface area is 156 Å². The highest BCUT2D eigenvalue weighted by Gasteiger charge is 2.28. The maximum absolute atomic E-state index is 12.2. The fourth-order valence-corrected chi connectivity index (χ4v) is 3.56. The van der Waals surface area contributed by atoms with Gasteiger partial charge in [-0.25, -0.2) is 4.68 Å². The van der Waals surface area contributed by atoms with Gasteiger partial charge in [0.05, 0.1) is 6.04 Å². The van der Waals surface area contributed by atoms with Crippen molar-refractivity contribution >= 4 is 23.4 Å². The summed E-state index contributed by atoms with van der Waals surface area (Å²) in [6, 6.07) is 18.2. The van der Waals surface area contributed by atoms with E-state index in [0.29, 0.717) is 12.5 Å². The SMILES string of the molecule is O=C(CCSc1ccccc1)Nc1cccc(-c2nnnn2C2CC2)c1. The number of benzene rings is 2. The van der Waals surface area contributed by atoms with Crippen molar-refractivity contribution in [2.45, 2.75) is 30.2 Å². The Bertz CT molecular complexity index is 892. The Morgan fingerprint density at radius 1 is 1.15 bits per heavy atom. The lowest BCUT2D eigenvalue weighted by molar-refractivity contribution is -0.115. The molecule has 26 heavy (non-hydrogen) atoms. The molecular weight excluding hydrogens is 346 g/mol. The summed E-state index contributed by atoms with van der Waals surface area (Å²) in [4.78, 5) is 13.4. The standard InChI is InChI=1S/C19H19N5OS/c25-18(11-12-26-17-7-2-1-3-8-17)20-15-6-4-5-14(13-15)19-21-22-23-24(19)16-9-10-16/h1-8,13,16H,9-12H2,(H,20,25). The van der Waals surface area contributed by atoms with Crippen LogP contribution in [-0.2, 0) is 4.79 Å². The molecule has 0 radical (unpaired) electrons. The number of rotatable bonds is 7. The van der Waals surface area contributed by atoms with Crippen LogP contribution in [-0.4, -0.2) is 31.9 Å². The van der Waals surface area contributed by atoms with E-state index in [1.165, 1.54) is 4.90 Å². The van der Waals surface area contributed by atoms with Gasteiger partial charge in [0.15, 0.2) is 5.82 Å². The maximum Gasteiger partial charge on any atom is 0.225 e. The minimum atomic E-state index is 0.00682. The molecule has 6 nitrogen and oxygen atoms in total. The molecule has 0 saturated heterocycles. The molecule has 1 fully saturated rings. The van der Waals surface area contributed by atoms with Crippen LogP contribution >= 0.6 is 11.8 Å². The molecule has 1 saturated carbocycles. The van der Waals surface area contributed by atoms with Crippen molar-refractivity contribution < 1.29 is 4.79 Å². The summed E-state index contributed by atoms with van der Waals surface area (Å²) in [7, 11) is 0. The van der Waals surface area contributed by atoms with E-state index in [9.17, 15) is 4.79 Å². The van der Waals surface area contributed by atoms with E-state index in [1.54, 1.807) is 11.8 Å². The number of thioether (sulfide) groups is 1. The van der Waals surface area contributed by atoms with Crippen LogP contribution < -0.4 is 5.32 Å². The highest BCUT2D eigenvalue weighted by Crippen LogP contribution is 2.36. The van der Waals surface area contributed by atoms with E-state index in [-0.39, 0.29) is 5.91 Å². The summed E-state index contributed by atoms with van der Waals surface area (Å²) in [6.45, 7) is 0. The second-order valence-electron chi connectivity index (χ2n) is 6.22. The molecule has 0 bridgehead atoms. The highest BCUT2D eigenvalue weighted by atomic mass is 32.2. The molecule has 0 spiro atoms. The number of carbonyl (C=O) groups is 1. The van der Waals surface area contributed by atoms with Gasteiger partial charge in [-0.15, -0.1) is 16.9 Å². The van der Waals surface area contributed by atoms with E-state index in [2.05, 4.69) is 33.0 Å². The molecule has 1 aliphatic rings. The number of amides is 1. The van der Waals surface area contributed by atoms with Crippen LogP contribution in [0.2, 0.25) is 0 Å². The number of nitrogens with one attached hydrogen (secondary N) is 1. The summed E-state index contributed by atoms with van der Waals surface area (Å²) in [5.74, 6) is 1.51. The van der Waals surface area contributed by atoms with Crippen LogP contribution in [0, 0.1) is 0 Å². The lowest BCUT2D eigenvalue weighted by Gasteiger charge is -2.08. The summed E-state index contributed by atoms with van der Waals surface area (Å²) in [5.41, 5.74) is 1.68. The van der Waals surface area contributed by atoms with Crippen molar-refractivity contribution in [1.82, 2.24) is 20.2 Å². The van der Waals surface area contributed by atoms with Gasteiger partial charge in [-0.2, -0.15) is 0 Å². The summed E-state index contributed by atoms with van der Waals surface area (Å²) in [5, 5.41) is 15.0. The van der Waals surface area contributed by atoms with E-state index in [0.717, 1.165) is 35.7 Å². The maximum atomic E-state index is 12.2. The minimum absolute atomic E-state index is 0.00682. The van der Waals surface area contributed by atoms with Gasteiger partial charge in [0.2, 0.25) is 5.91 Å². The molecule has 7 heteroatoms. The summed E-state index contributed by atoms with van der Waals surface area (Å²) in [6.07, 6.45) is 2.70. The molecule has 1 N–H and O–H groups in total. The van der Waals surface area contributed by atoms with Crippen LogP contribution in [0.25, 0.3) is 11.4 Å². The van der Waals surface area contributed by atoms with Gasteiger partial charge in [0.1, 0.15) is 0 Å². The normalized spacial score (nSPS) is 13.5. The largest absolute Gasteiger partial charge is 0.326 e. The van der Waals surface area contributed by atoms with Crippen molar-refractivity contribution in [2.75, 3.05) is 11.1 Å². The quantitative estimate of drug-likeness (QED) is 0.645. The third-order valence-corrected chi connectivity index (χ3v) is 5.14. The third kappa shape index (κ3) is 4.11. The van der Waals surface area contributed by atoms with E-state index in [1.807, 2.05) is 47.1 Å². The summed E-state index contributed by atoms with van der Waals surface area (Å²) >= 11 is 1.68. The Morgan fingerprint density at radius 3 is 2.81 bits per heavy atom. The molecule has 3 aromatic rings. The minimum Gasteiger partial charge on any atom is -0.326 e. The smallest absolute Gasteiger partial charge is 0.225 e. The van der Waals surface area contributed by atoms with E-state index >= 15 is 0 Å². The molecule has 1 aromatic heterocycles. The van der Waals surface area contributed by atoms with E-state index in [4.69, 9.17) is 0 Å². The van der Waals surface area contributed by atoms with Gasteiger partial charge >= 0.3 is 0 Å². The number of hydrogen-bond donors (Lipinski definition) is 1. The first-order valence-electron chi connectivity index (χ1n) is 8.65. The van der Waals surface area contributed by atoms with Gasteiger partial charge in [-0.05, 0) is 47.5 Å². The first kappa shape index (κ1) is 16.8. The van der Waals surface area contributed by atoms with Crippen LogP contribution in [0.3, 0.4) is 0 Å². The molecule has 4 rings (SSSR count). The molecule has 1 heterocycles. The Kier molecular flexibility index (Phi) is 4.97. The lowest BCUT2D eigenvalue weighted by Crippen LogP contribution is -2.12. The highest BCUT2D eigenvalue weighted by molar-refractivity contribution is 7.99. The Hall–Kier alpha value is -2.67. The summed E-state index contributed by atoms with van der Waals surface area (Å²) < 4.78 is 1.87. The van der Waals surface area contributed by atoms with E-state index < -0.39 is 0 Å². The third-order valence-electron chi connectivity index (χ3n) is 4.13. The molecule has 0 unspecified atom stereocenters. The lowest BCUT2D eigenvalue weighted by atomic mass is 10.2. The molecule has 1 amide bonds. The van der Waals surface area contributed by atoms with Crippen molar-refractivity contribution in [3.63, 3.8) is 0 Å². The number of anilines is 1. The van der Waals surface area contributed by atoms with Crippen LogP contribution in [0.5, 0.6) is 0 Å². The molecule has 132 valence electrons. The predicted molar refractivity (Wildman–Crippen MR) is 102 cm³/mol. The number of tetrazole rings is 1. The average Bonchev–Trinajstić information content (AvgIpc) is 3.39. The van der Waals surface area contributed by atoms with Crippen LogP contribution in [0.1, 0.15) is 25.3 Å². The molecular formula is C19H19N5OS. The molecule has 1 aliphatic carbocycles. The fourth-order valence-electron chi connectivity index (χ4n) is 2.69. The van der Waals surface area contributed by atoms with Crippen LogP contribution in [0.4, 0.5) is 5.69 Å². The zero-order chi connectivity index (χ0) is 17.8. The number of carbonyl (C=O) groups excluding carboxylic acids is 1. The Balaban J connectivity index is 1.36. The molecule has 2 aromatic carbocycles. The monoisotopic (exact) mass is 365 g/mol. The molecule has 0 atom stereocenters. The zero-order valence-electron chi connectivity index (χ0n) is 14.2. The van der Waals surface area contributed by atoms with Gasteiger partial charge in [-0.1, -0.05) is 30.3 Å². The first-order valence-corrected chi connectivity index (χ1v) is 9.64. The Morgan fingerprint density at radius 2 is 2.00 bits per heavy atom. The number of hydrogen-bond acceptors (Lipinski definition) is 5. The average molecular weight is 365 g/mol. The van der Waals surface area contributed by atoms with Crippen molar-refractivity contribution in [1.29, 1.82) is 0 Å². The predicted octanol–water partition coefficient (Wildman–Crippen LogP) is 3.80. The van der Waals surface area contributed by atoms with Crippen molar-refractivity contribution in [3.05, 3.63) is 54.6 Å². The topological polar surface area (TPSA) is 72.7 Å². The van der Waals surface area contributed by atoms with Gasteiger partial charge in [0, 0.05) is 28.3 Å². The second kappa shape index (κ2) is 7.70. The molecule has 0 aliphatic heterocycles. The van der Waals surface area contributed by atoms with Gasteiger partial charge in [-0.3, -0.25) is 4.79 Å². The number of nitrogens with zero attached hydrogens (tertiary/aromatic N) is 4. The second-order valence-corrected chi connectivity index (χ2v) is 7.39. The first-order chi connectivity index (χ1) is 12.8. The zero-order valence-corrected chi connectivity index (χ0v) is 15.0. The van der Waals surface area contributed by atoms with Gasteiger partial charge < -0.3 is 5.32 Å². The van der Waals surface area contributed by atoms with Crippen molar-refractivity contribution in [2.24, 2.45) is 0 Å². The van der Waals surface area contributed by atoms with Crippen LogP contribution in [0.15, 0.2) is 59.5 Å². The van der Waals surface area contributed by atoms with Crippen molar-refractivity contribution in [3.8, 4) is 11.4 Å². The van der Waals surface area contributed by atoms with Gasteiger partial charge in [0.25, 0.3) is 0 Å². The number of aromatic nitrogens is 4.